The summed E-state index contributed by atoms with van der Waals surface area (Å²) in [5.74, 6) is 0.365. The first kappa shape index (κ1) is 26.0. The molecule has 36 heavy (non-hydrogen) atoms. The quantitative estimate of drug-likeness (QED) is 0.422. The van der Waals surface area contributed by atoms with E-state index in [0.717, 1.165) is 11.3 Å². The lowest BCUT2D eigenvalue weighted by molar-refractivity contribution is -0.131. The number of carbonyl (C=O) groups is 1. The molecule has 1 fully saturated rings. The molecule has 0 radical (unpaired) electrons. The van der Waals surface area contributed by atoms with Crippen molar-refractivity contribution >= 4 is 33.2 Å². The normalized spacial score (nSPS) is 14.2. The van der Waals surface area contributed by atoms with Gasteiger partial charge in [0.05, 0.1) is 18.6 Å². The van der Waals surface area contributed by atoms with Gasteiger partial charge in [-0.1, -0.05) is 48.0 Å². The predicted octanol–water partition coefficient (Wildman–Crippen LogP) is 3.93. The van der Waals surface area contributed by atoms with Gasteiger partial charge in [-0.15, -0.1) is 0 Å². The number of anilines is 1. The summed E-state index contributed by atoms with van der Waals surface area (Å²) >= 11 is 6.12. The topological polar surface area (TPSA) is 70.2 Å². The zero-order valence-electron chi connectivity index (χ0n) is 20.2. The number of carbonyl (C=O) groups excluding carboxylic acids is 1. The number of ether oxygens (including phenoxy) is 1. The Morgan fingerprint density at radius 2 is 1.64 bits per heavy atom. The molecular formula is C27H30ClN3O4S. The van der Waals surface area contributed by atoms with E-state index in [4.69, 9.17) is 16.3 Å². The highest BCUT2D eigenvalue weighted by molar-refractivity contribution is 7.89. The Balaban J connectivity index is 1.46. The molecule has 1 amide bonds. The van der Waals surface area contributed by atoms with Crippen molar-refractivity contribution in [2.75, 3.05) is 51.3 Å². The van der Waals surface area contributed by atoms with Crippen LogP contribution < -0.4 is 9.64 Å². The molecular weight excluding hydrogens is 498 g/mol. The maximum Gasteiger partial charge on any atom is 0.243 e. The van der Waals surface area contributed by atoms with E-state index >= 15 is 0 Å². The average molecular weight is 528 g/mol. The van der Waals surface area contributed by atoms with Gasteiger partial charge in [-0.05, 0) is 54.4 Å². The molecule has 190 valence electrons. The molecule has 4 rings (SSSR count). The van der Waals surface area contributed by atoms with Crippen molar-refractivity contribution in [3.05, 3.63) is 89.4 Å². The number of methoxy groups -OCH3 is 1. The van der Waals surface area contributed by atoms with Crippen molar-refractivity contribution in [2.45, 2.75) is 11.3 Å². The standard InChI is InChI=1S/C27H30ClN3O4S/c1-35-25-10-12-26(13-11-25)36(33,34)31(15-14-22-6-3-2-4-7-22)21-27(32)30-18-16-29(17-19-30)24-9-5-8-23(28)20-24/h2-13,20H,14-19,21H2,1H3. The lowest BCUT2D eigenvalue weighted by Gasteiger charge is -2.37. The summed E-state index contributed by atoms with van der Waals surface area (Å²) in [5.41, 5.74) is 2.02. The summed E-state index contributed by atoms with van der Waals surface area (Å²) in [6.07, 6.45) is 0.506. The zero-order valence-corrected chi connectivity index (χ0v) is 21.8. The van der Waals surface area contributed by atoms with Gasteiger partial charge in [-0.3, -0.25) is 4.79 Å². The largest absolute Gasteiger partial charge is 0.497 e. The van der Waals surface area contributed by atoms with Gasteiger partial charge >= 0.3 is 0 Å². The average Bonchev–Trinajstić information content (AvgIpc) is 2.91. The second-order valence-electron chi connectivity index (χ2n) is 8.60. The van der Waals surface area contributed by atoms with Crippen LogP contribution >= 0.6 is 11.6 Å². The monoisotopic (exact) mass is 527 g/mol. The molecule has 3 aromatic rings. The van der Waals surface area contributed by atoms with Crippen molar-refractivity contribution < 1.29 is 17.9 Å². The fraction of sp³-hybridized carbons (Fsp3) is 0.296. The zero-order chi connectivity index (χ0) is 25.5. The van der Waals surface area contributed by atoms with Gasteiger partial charge in [-0.25, -0.2) is 8.42 Å². The molecule has 0 bridgehead atoms. The molecule has 0 atom stereocenters. The number of sulfonamides is 1. The Hall–Kier alpha value is -3.07. The minimum atomic E-state index is -3.88. The van der Waals surface area contributed by atoms with Crippen molar-refractivity contribution in [1.82, 2.24) is 9.21 Å². The molecule has 1 aliphatic heterocycles. The Morgan fingerprint density at radius 1 is 0.944 bits per heavy atom. The second-order valence-corrected chi connectivity index (χ2v) is 11.0. The molecule has 0 N–H and O–H groups in total. The van der Waals surface area contributed by atoms with E-state index in [-0.39, 0.29) is 23.9 Å². The first-order valence-corrected chi connectivity index (χ1v) is 13.6. The Kier molecular flexibility index (Phi) is 8.51. The Morgan fingerprint density at radius 3 is 2.28 bits per heavy atom. The highest BCUT2D eigenvalue weighted by atomic mass is 35.5. The number of piperazine rings is 1. The molecule has 0 spiro atoms. The van der Waals surface area contributed by atoms with Gasteiger partial charge in [0.2, 0.25) is 15.9 Å². The van der Waals surface area contributed by atoms with Gasteiger partial charge in [0, 0.05) is 43.4 Å². The number of benzene rings is 3. The third-order valence-electron chi connectivity index (χ3n) is 6.31. The Bertz CT molecular complexity index is 1260. The fourth-order valence-electron chi connectivity index (χ4n) is 4.22. The van der Waals surface area contributed by atoms with Crippen molar-refractivity contribution in [2.24, 2.45) is 0 Å². The molecule has 0 unspecified atom stereocenters. The summed E-state index contributed by atoms with van der Waals surface area (Å²) in [6, 6.07) is 23.6. The minimum absolute atomic E-state index is 0.134. The Labute approximate surface area is 217 Å². The van der Waals surface area contributed by atoms with Crippen molar-refractivity contribution in [3.63, 3.8) is 0 Å². The van der Waals surface area contributed by atoms with Crippen LogP contribution in [0, 0.1) is 0 Å². The van der Waals surface area contributed by atoms with E-state index in [1.54, 1.807) is 17.0 Å². The van der Waals surface area contributed by atoms with E-state index in [0.29, 0.717) is 43.4 Å². The first-order chi connectivity index (χ1) is 17.4. The number of halogens is 1. The fourth-order valence-corrected chi connectivity index (χ4v) is 5.79. The van der Waals surface area contributed by atoms with E-state index in [9.17, 15) is 13.2 Å². The summed E-state index contributed by atoms with van der Waals surface area (Å²) in [5, 5.41) is 0.670. The molecule has 1 aliphatic rings. The van der Waals surface area contributed by atoms with Gasteiger partial charge in [0.15, 0.2) is 0 Å². The SMILES string of the molecule is COc1ccc(S(=O)(=O)N(CCc2ccccc2)CC(=O)N2CCN(c3cccc(Cl)c3)CC2)cc1. The highest BCUT2D eigenvalue weighted by Crippen LogP contribution is 2.22. The first-order valence-electron chi connectivity index (χ1n) is 11.8. The smallest absolute Gasteiger partial charge is 0.243 e. The van der Waals surface area contributed by atoms with Crippen LogP contribution in [0.3, 0.4) is 0 Å². The van der Waals surface area contributed by atoms with Crippen LogP contribution in [0.1, 0.15) is 5.56 Å². The lowest BCUT2D eigenvalue weighted by Crippen LogP contribution is -2.52. The third kappa shape index (κ3) is 6.37. The van der Waals surface area contributed by atoms with E-state index < -0.39 is 10.0 Å². The second kappa shape index (κ2) is 11.8. The maximum atomic E-state index is 13.5. The van der Waals surface area contributed by atoms with Crippen LogP contribution in [0.15, 0.2) is 83.8 Å². The van der Waals surface area contributed by atoms with Crippen LogP contribution in [-0.2, 0) is 21.2 Å². The van der Waals surface area contributed by atoms with E-state index in [1.165, 1.54) is 23.5 Å². The predicted molar refractivity (Wildman–Crippen MR) is 142 cm³/mol. The summed E-state index contributed by atoms with van der Waals surface area (Å²) in [4.78, 5) is 17.3. The van der Waals surface area contributed by atoms with Gasteiger partial charge in [0.25, 0.3) is 0 Å². The number of hydrogen-bond acceptors (Lipinski definition) is 5. The summed E-state index contributed by atoms with van der Waals surface area (Å²) in [7, 11) is -2.35. The van der Waals surface area contributed by atoms with Crippen LogP contribution in [-0.4, -0.2) is 69.9 Å². The molecule has 0 saturated carbocycles. The lowest BCUT2D eigenvalue weighted by atomic mass is 10.1. The third-order valence-corrected chi connectivity index (χ3v) is 8.40. The van der Waals surface area contributed by atoms with Crippen LogP contribution in [0.2, 0.25) is 5.02 Å². The van der Waals surface area contributed by atoms with Crippen LogP contribution in [0.5, 0.6) is 5.75 Å². The molecule has 0 aromatic heterocycles. The molecule has 1 heterocycles. The minimum Gasteiger partial charge on any atom is -0.497 e. The maximum absolute atomic E-state index is 13.5. The number of hydrogen-bond donors (Lipinski definition) is 0. The van der Waals surface area contributed by atoms with Crippen molar-refractivity contribution in [1.29, 1.82) is 0 Å². The number of nitrogens with zero attached hydrogens (tertiary/aromatic N) is 3. The van der Waals surface area contributed by atoms with E-state index in [1.807, 2.05) is 54.6 Å². The molecule has 3 aromatic carbocycles. The number of rotatable bonds is 9. The highest BCUT2D eigenvalue weighted by Gasteiger charge is 2.30. The van der Waals surface area contributed by atoms with Crippen LogP contribution in [0.25, 0.3) is 0 Å². The summed E-state index contributed by atoms with van der Waals surface area (Å²) in [6.45, 7) is 2.33. The van der Waals surface area contributed by atoms with Crippen molar-refractivity contribution in [3.8, 4) is 5.75 Å². The molecule has 7 nitrogen and oxygen atoms in total. The van der Waals surface area contributed by atoms with Gasteiger partial charge in [-0.2, -0.15) is 4.31 Å². The number of amides is 1. The molecule has 1 saturated heterocycles. The molecule has 9 heteroatoms. The summed E-state index contributed by atoms with van der Waals surface area (Å²) < 4.78 is 33.5. The van der Waals surface area contributed by atoms with E-state index in [2.05, 4.69) is 4.90 Å². The van der Waals surface area contributed by atoms with Gasteiger partial charge < -0.3 is 14.5 Å². The van der Waals surface area contributed by atoms with Crippen LogP contribution in [0.4, 0.5) is 5.69 Å². The molecule has 0 aliphatic carbocycles. The van der Waals surface area contributed by atoms with Gasteiger partial charge in [0.1, 0.15) is 5.75 Å².